The maximum absolute atomic E-state index is 2.35. The van der Waals surface area contributed by atoms with E-state index in [1.807, 2.05) is 0 Å². The van der Waals surface area contributed by atoms with Crippen LogP contribution >= 0.6 is 0 Å². The predicted molar refractivity (Wildman–Crippen MR) is 124 cm³/mol. The van der Waals surface area contributed by atoms with E-state index in [0.717, 1.165) is 6.54 Å². The Morgan fingerprint density at radius 2 is 1.07 bits per heavy atom. The van der Waals surface area contributed by atoms with Crippen molar-refractivity contribution >= 4 is 5.69 Å². The Labute approximate surface area is 171 Å². The van der Waals surface area contributed by atoms with E-state index in [4.69, 9.17) is 0 Å². The van der Waals surface area contributed by atoms with Crippen LogP contribution in [0.15, 0.2) is 72.8 Å². The average molecular weight is 372 g/mol. The van der Waals surface area contributed by atoms with Gasteiger partial charge in [0.15, 0.2) is 0 Å². The highest BCUT2D eigenvalue weighted by atomic mass is 15.1. The molecule has 0 spiro atoms. The molecule has 0 radical (unpaired) electrons. The monoisotopic (exact) mass is 371 g/mol. The minimum absolute atomic E-state index is 0.574. The van der Waals surface area contributed by atoms with E-state index in [1.165, 1.54) is 52.8 Å². The number of anilines is 1. The summed E-state index contributed by atoms with van der Waals surface area (Å²) in [6, 6.07) is 26.8. The first-order valence-corrected chi connectivity index (χ1v) is 10.6. The van der Waals surface area contributed by atoms with Gasteiger partial charge in [0.05, 0.1) is 0 Å². The van der Waals surface area contributed by atoms with Crippen LogP contribution in [0.2, 0.25) is 0 Å². The highest BCUT2D eigenvalue weighted by Crippen LogP contribution is 2.27. The number of nitrogens with zero attached hydrogens (tertiary/aromatic N) is 1. The maximum atomic E-state index is 2.35. The van der Waals surface area contributed by atoms with Crippen LogP contribution in [0, 0.1) is 0 Å². The molecule has 0 aliphatic rings. The average Bonchev–Trinajstić information content (AvgIpc) is 2.74. The van der Waals surface area contributed by atoms with Crippen molar-refractivity contribution in [1.29, 1.82) is 0 Å². The minimum atomic E-state index is 0.574. The summed E-state index contributed by atoms with van der Waals surface area (Å²) in [5, 5.41) is 0. The van der Waals surface area contributed by atoms with Crippen LogP contribution in [0.25, 0.3) is 22.3 Å². The van der Waals surface area contributed by atoms with Gasteiger partial charge in [0.1, 0.15) is 0 Å². The second-order valence-electron chi connectivity index (χ2n) is 8.03. The fourth-order valence-corrected chi connectivity index (χ4v) is 3.55. The van der Waals surface area contributed by atoms with Gasteiger partial charge in [0, 0.05) is 19.3 Å². The molecule has 0 aliphatic carbocycles. The number of benzene rings is 3. The predicted octanol–water partition coefficient (Wildman–Crippen LogP) is 7.77. The summed E-state index contributed by atoms with van der Waals surface area (Å²) in [5.41, 5.74) is 7.77. The maximum Gasteiger partial charge on any atom is 0.0364 e. The molecule has 0 unspecified atom stereocenters. The second-order valence-corrected chi connectivity index (χ2v) is 8.03. The van der Waals surface area contributed by atoms with E-state index in [2.05, 4.69) is 106 Å². The molecule has 1 nitrogen and oxygen atoms in total. The molecule has 0 fully saturated rings. The molecule has 0 saturated carbocycles. The molecule has 3 rings (SSSR count). The number of hydrogen-bond acceptors (Lipinski definition) is 1. The van der Waals surface area contributed by atoms with E-state index < -0.39 is 0 Å². The van der Waals surface area contributed by atoms with Gasteiger partial charge in [-0.1, -0.05) is 94.3 Å². The second kappa shape index (κ2) is 9.59. The number of unbranched alkanes of at least 4 members (excludes halogenated alkanes) is 2. The SMILES string of the molecule is CCCCCN(C)c1ccc(-c2ccc(-c3ccc(C(C)C)cc3)cc2)cc1. The normalized spacial score (nSPS) is 11.0. The van der Waals surface area contributed by atoms with Crippen LogP contribution in [-0.4, -0.2) is 13.6 Å². The standard InChI is InChI=1S/C27H33N/c1-5-6-7-20-28(4)27-18-16-26(17-19-27)25-14-12-24(13-15-25)23-10-8-22(9-11-23)21(2)3/h8-19,21H,5-7,20H2,1-4H3. The molecule has 28 heavy (non-hydrogen) atoms. The first-order chi connectivity index (χ1) is 13.6. The lowest BCUT2D eigenvalue weighted by Crippen LogP contribution is -2.18. The zero-order valence-electron chi connectivity index (χ0n) is 17.8. The van der Waals surface area contributed by atoms with Crippen LogP contribution in [0.1, 0.15) is 51.5 Å². The van der Waals surface area contributed by atoms with Gasteiger partial charge in [-0.2, -0.15) is 0 Å². The van der Waals surface area contributed by atoms with Crippen LogP contribution in [0.3, 0.4) is 0 Å². The van der Waals surface area contributed by atoms with Crippen molar-refractivity contribution in [2.75, 3.05) is 18.5 Å². The summed E-state index contributed by atoms with van der Waals surface area (Å²) in [5.74, 6) is 0.574. The number of hydrogen-bond donors (Lipinski definition) is 0. The van der Waals surface area contributed by atoms with Gasteiger partial charge < -0.3 is 4.90 Å². The van der Waals surface area contributed by atoms with Crippen molar-refractivity contribution < 1.29 is 0 Å². The number of rotatable bonds is 8. The van der Waals surface area contributed by atoms with Gasteiger partial charge >= 0.3 is 0 Å². The van der Waals surface area contributed by atoms with Crippen molar-refractivity contribution in [3.63, 3.8) is 0 Å². The van der Waals surface area contributed by atoms with E-state index in [0.29, 0.717) is 5.92 Å². The van der Waals surface area contributed by atoms with Crippen LogP contribution < -0.4 is 4.90 Å². The van der Waals surface area contributed by atoms with Gasteiger partial charge in [-0.3, -0.25) is 0 Å². The van der Waals surface area contributed by atoms with E-state index in [1.54, 1.807) is 0 Å². The lowest BCUT2D eigenvalue weighted by molar-refractivity contribution is 0.705. The van der Waals surface area contributed by atoms with Crippen LogP contribution in [-0.2, 0) is 0 Å². The Morgan fingerprint density at radius 3 is 1.50 bits per heavy atom. The molecule has 0 aromatic heterocycles. The summed E-state index contributed by atoms with van der Waals surface area (Å²) in [6.07, 6.45) is 3.83. The third-order valence-electron chi connectivity index (χ3n) is 5.53. The minimum Gasteiger partial charge on any atom is -0.375 e. The Balaban J connectivity index is 1.69. The van der Waals surface area contributed by atoms with Gasteiger partial charge in [-0.05, 0) is 52.3 Å². The molecule has 0 bridgehead atoms. The van der Waals surface area contributed by atoms with Crippen molar-refractivity contribution in [3.8, 4) is 22.3 Å². The third-order valence-corrected chi connectivity index (χ3v) is 5.53. The summed E-state index contributed by atoms with van der Waals surface area (Å²) in [7, 11) is 2.18. The topological polar surface area (TPSA) is 3.24 Å². The molecular formula is C27H33N. The van der Waals surface area contributed by atoms with Gasteiger partial charge in [0.25, 0.3) is 0 Å². The molecule has 146 valence electrons. The Bertz CT molecular complexity index is 842. The van der Waals surface area contributed by atoms with Gasteiger partial charge in [-0.15, -0.1) is 0 Å². The van der Waals surface area contributed by atoms with E-state index >= 15 is 0 Å². The van der Waals surface area contributed by atoms with Crippen LogP contribution in [0.4, 0.5) is 5.69 Å². The summed E-state index contributed by atoms with van der Waals surface area (Å²) >= 11 is 0. The molecule has 3 aromatic rings. The lowest BCUT2D eigenvalue weighted by atomic mass is 9.97. The largest absolute Gasteiger partial charge is 0.375 e. The summed E-state index contributed by atoms with van der Waals surface area (Å²) in [6.45, 7) is 7.84. The Hall–Kier alpha value is -2.54. The fourth-order valence-electron chi connectivity index (χ4n) is 3.55. The highest BCUT2D eigenvalue weighted by Gasteiger charge is 2.04. The smallest absolute Gasteiger partial charge is 0.0364 e. The molecule has 0 heterocycles. The lowest BCUT2D eigenvalue weighted by Gasteiger charge is -2.19. The molecular weight excluding hydrogens is 338 g/mol. The first-order valence-electron chi connectivity index (χ1n) is 10.6. The van der Waals surface area contributed by atoms with Crippen molar-refractivity contribution in [2.24, 2.45) is 0 Å². The zero-order valence-corrected chi connectivity index (χ0v) is 17.8. The van der Waals surface area contributed by atoms with Crippen LogP contribution in [0.5, 0.6) is 0 Å². The molecule has 1 heteroatoms. The molecule has 0 amide bonds. The van der Waals surface area contributed by atoms with Crippen molar-refractivity contribution in [3.05, 3.63) is 78.4 Å². The molecule has 0 saturated heterocycles. The zero-order chi connectivity index (χ0) is 19.9. The van der Waals surface area contributed by atoms with Crippen molar-refractivity contribution in [1.82, 2.24) is 0 Å². The van der Waals surface area contributed by atoms with E-state index in [9.17, 15) is 0 Å². The Morgan fingerprint density at radius 1 is 0.643 bits per heavy atom. The summed E-state index contributed by atoms with van der Waals surface area (Å²) in [4.78, 5) is 2.35. The fraction of sp³-hybridized carbons (Fsp3) is 0.333. The first kappa shape index (κ1) is 20.2. The Kier molecular flexibility index (Phi) is 6.92. The van der Waals surface area contributed by atoms with E-state index in [-0.39, 0.29) is 0 Å². The van der Waals surface area contributed by atoms with Crippen molar-refractivity contribution in [2.45, 2.75) is 46.0 Å². The van der Waals surface area contributed by atoms with Gasteiger partial charge in [-0.25, -0.2) is 0 Å². The third kappa shape index (κ3) is 5.04. The molecule has 3 aromatic carbocycles. The quantitative estimate of drug-likeness (QED) is 0.365. The highest BCUT2D eigenvalue weighted by molar-refractivity contribution is 5.71. The molecule has 0 aliphatic heterocycles. The summed E-state index contributed by atoms with van der Waals surface area (Å²) < 4.78 is 0. The van der Waals surface area contributed by atoms with Gasteiger partial charge in [0.2, 0.25) is 0 Å². The molecule has 0 atom stereocenters. The molecule has 0 N–H and O–H groups in total.